The van der Waals surface area contributed by atoms with Crippen molar-refractivity contribution in [1.29, 1.82) is 5.26 Å². The van der Waals surface area contributed by atoms with E-state index < -0.39 is 5.91 Å². The minimum atomic E-state index is -0.418. The number of amides is 1. The minimum absolute atomic E-state index is 0.0141. The molecule has 102 valence electrons. The monoisotopic (exact) mass is 390 g/mol. The first-order valence-corrected chi connectivity index (χ1v) is 6.97. The molecule has 0 saturated heterocycles. The second-order valence-electron chi connectivity index (χ2n) is 3.51. The third kappa shape index (κ3) is 4.78. The van der Waals surface area contributed by atoms with Crippen molar-refractivity contribution in [3.05, 3.63) is 20.3 Å². The van der Waals surface area contributed by atoms with Gasteiger partial charge in [-0.05, 0) is 44.4 Å². The Labute approximate surface area is 127 Å². The molecular weight excluding hydrogens is 380 g/mol. The van der Waals surface area contributed by atoms with Crippen LogP contribution in [0.25, 0.3) is 6.08 Å². The molecule has 1 aromatic rings. The summed E-state index contributed by atoms with van der Waals surface area (Å²) in [6, 6.07) is 1.87. The number of H-pyrrole nitrogens is 1. The Bertz CT molecular complexity index is 500. The Morgan fingerprint density at radius 1 is 1.63 bits per heavy atom. The fourth-order valence-electron chi connectivity index (χ4n) is 1.24. The zero-order valence-electron chi connectivity index (χ0n) is 10.2. The maximum Gasteiger partial charge on any atom is 0.261 e. The van der Waals surface area contributed by atoms with E-state index in [4.69, 9.17) is 10.00 Å². The average Bonchev–Trinajstić information content (AvgIpc) is 2.71. The number of carbonyl (C=O) groups is 1. The van der Waals surface area contributed by atoms with Gasteiger partial charge < -0.3 is 10.1 Å². The predicted molar refractivity (Wildman–Crippen MR) is 77.1 cm³/mol. The van der Waals surface area contributed by atoms with E-state index in [1.807, 2.05) is 6.07 Å². The number of halogens is 2. The Morgan fingerprint density at radius 2 is 2.37 bits per heavy atom. The Morgan fingerprint density at radius 3 is 2.89 bits per heavy atom. The molecule has 1 aromatic heterocycles. The molecule has 0 aliphatic heterocycles. The molecule has 0 radical (unpaired) electrons. The fraction of sp³-hybridized carbons (Fsp3) is 0.364. The lowest BCUT2D eigenvalue weighted by molar-refractivity contribution is -0.117. The third-order valence-electron chi connectivity index (χ3n) is 2.18. The summed E-state index contributed by atoms with van der Waals surface area (Å²) in [6.45, 7) is 1.02. The van der Waals surface area contributed by atoms with Crippen molar-refractivity contribution in [2.75, 3.05) is 20.3 Å². The molecule has 2 N–H and O–H groups in total. The van der Waals surface area contributed by atoms with E-state index in [2.05, 4.69) is 47.4 Å². The normalized spacial score (nSPS) is 11.2. The van der Waals surface area contributed by atoms with E-state index in [1.54, 1.807) is 7.11 Å². The summed E-state index contributed by atoms with van der Waals surface area (Å²) in [5.41, 5.74) is 0.629. The first-order valence-electron chi connectivity index (χ1n) is 5.38. The lowest BCUT2D eigenvalue weighted by Crippen LogP contribution is -2.26. The highest BCUT2D eigenvalue weighted by Crippen LogP contribution is 2.24. The van der Waals surface area contributed by atoms with Gasteiger partial charge in [0.2, 0.25) is 0 Å². The second-order valence-corrected chi connectivity index (χ2v) is 5.06. The van der Waals surface area contributed by atoms with E-state index in [0.717, 1.165) is 0 Å². The Hall–Kier alpha value is -1.17. The van der Waals surface area contributed by atoms with Gasteiger partial charge in [-0.25, -0.2) is 0 Å². The van der Waals surface area contributed by atoms with Gasteiger partial charge in [0.25, 0.3) is 5.91 Å². The summed E-state index contributed by atoms with van der Waals surface area (Å²) in [4.78, 5) is 11.8. The second kappa shape index (κ2) is 8.09. The Balaban J connectivity index is 2.73. The van der Waals surface area contributed by atoms with Crippen molar-refractivity contribution >= 4 is 43.8 Å². The van der Waals surface area contributed by atoms with Gasteiger partial charge in [-0.3, -0.25) is 9.89 Å². The molecule has 1 amide bonds. The van der Waals surface area contributed by atoms with E-state index in [1.165, 1.54) is 6.08 Å². The number of aromatic amines is 1. The molecule has 0 saturated carbocycles. The summed E-state index contributed by atoms with van der Waals surface area (Å²) in [7, 11) is 1.59. The standard InChI is InChI=1S/C11H12Br2N4O2/c1-19-4-2-3-15-11(18)7(6-14)5-8-9(12)16-17-10(8)13/h5H,2-4H2,1H3,(H,15,18)(H,16,17). The maximum absolute atomic E-state index is 11.8. The molecule has 0 aliphatic carbocycles. The molecule has 0 spiro atoms. The fourth-order valence-corrected chi connectivity index (χ4v) is 2.30. The molecule has 1 heterocycles. The largest absolute Gasteiger partial charge is 0.385 e. The molecule has 0 fully saturated rings. The summed E-state index contributed by atoms with van der Waals surface area (Å²) < 4.78 is 6.00. The van der Waals surface area contributed by atoms with Gasteiger partial charge in [-0.2, -0.15) is 10.4 Å². The topological polar surface area (TPSA) is 90.8 Å². The van der Waals surface area contributed by atoms with Gasteiger partial charge in [-0.1, -0.05) is 0 Å². The number of hydrogen-bond donors (Lipinski definition) is 2. The zero-order chi connectivity index (χ0) is 14.3. The summed E-state index contributed by atoms with van der Waals surface area (Å²) in [5.74, 6) is -0.418. The smallest absolute Gasteiger partial charge is 0.261 e. The molecule has 0 aromatic carbocycles. The molecule has 0 aliphatic rings. The molecule has 6 nitrogen and oxygen atoms in total. The molecule has 0 bridgehead atoms. The van der Waals surface area contributed by atoms with Crippen LogP contribution < -0.4 is 5.32 Å². The van der Waals surface area contributed by atoms with E-state index >= 15 is 0 Å². The quantitative estimate of drug-likeness (QED) is 0.440. The van der Waals surface area contributed by atoms with Gasteiger partial charge in [0.1, 0.15) is 20.8 Å². The molecule has 19 heavy (non-hydrogen) atoms. The average molecular weight is 392 g/mol. The van der Waals surface area contributed by atoms with Crippen LogP contribution >= 0.6 is 31.9 Å². The number of ether oxygens (including phenoxy) is 1. The molecule has 0 unspecified atom stereocenters. The van der Waals surface area contributed by atoms with Crippen molar-refractivity contribution in [3.63, 3.8) is 0 Å². The highest BCUT2D eigenvalue weighted by molar-refractivity contribution is 9.11. The van der Waals surface area contributed by atoms with Gasteiger partial charge in [-0.15, -0.1) is 0 Å². The Kier molecular flexibility index (Phi) is 6.77. The van der Waals surface area contributed by atoms with E-state index in [-0.39, 0.29) is 5.57 Å². The van der Waals surface area contributed by atoms with E-state index in [9.17, 15) is 4.79 Å². The molecule has 8 heteroatoms. The predicted octanol–water partition coefficient (Wildman–Crippen LogP) is 1.99. The zero-order valence-corrected chi connectivity index (χ0v) is 13.3. The third-order valence-corrected chi connectivity index (χ3v) is 3.38. The lowest BCUT2D eigenvalue weighted by atomic mass is 10.2. The van der Waals surface area contributed by atoms with Crippen molar-refractivity contribution in [2.45, 2.75) is 6.42 Å². The van der Waals surface area contributed by atoms with Crippen LogP contribution in [0, 0.1) is 11.3 Å². The van der Waals surface area contributed by atoms with Crippen molar-refractivity contribution in [3.8, 4) is 6.07 Å². The summed E-state index contributed by atoms with van der Waals surface area (Å²) in [6.07, 6.45) is 2.16. The van der Waals surface area contributed by atoms with Crippen molar-refractivity contribution in [2.24, 2.45) is 0 Å². The van der Waals surface area contributed by atoms with Crippen LogP contribution in [0.15, 0.2) is 14.8 Å². The number of nitrogens with zero attached hydrogens (tertiary/aromatic N) is 2. The van der Waals surface area contributed by atoms with Crippen LogP contribution in [-0.2, 0) is 9.53 Å². The van der Waals surface area contributed by atoms with Crippen LogP contribution in [0.1, 0.15) is 12.0 Å². The van der Waals surface area contributed by atoms with Crippen LogP contribution in [0.2, 0.25) is 0 Å². The SMILES string of the molecule is COCCCNC(=O)C(C#N)=Cc1c(Br)n[nH]c1Br. The number of nitriles is 1. The molecule has 1 rings (SSSR count). The number of aromatic nitrogens is 2. The highest BCUT2D eigenvalue weighted by atomic mass is 79.9. The molecule has 0 atom stereocenters. The summed E-state index contributed by atoms with van der Waals surface area (Å²) in [5, 5.41) is 18.2. The number of nitrogens with one attached hydrogen (secondary N) is 2. The lowest BCUT2D eigenvalue weighted by Gasteiger charge is -2.03. The first kappa shape index (κ1) is 15.9. The van der Waals surface area contributed by atoms with E-state index in [0.29, 0.717) is 34.3 Å². The van der Waals surface area contributed by atoms with Crippen LogP contribution in [0.5, 0.6) is 0 Å². The van der Waals surface area contributed by atoms with Crippen molar-refractivity contribution in [1.82, 2.24) is 15.5 Å². The molecular formula is C11H12Br2N4O2. The van der Waals surface area contributed by atoms with Gasteiger partial charge in [0, 0.05) is 25.8 Å². The number of hydrogen-bond acceptors (Lipinski definition) is 4. The minimum Gasteiger partial charge on any atom is -0.385 e. The number of methoxy groups -OCH3 is 1. The van der Waals surface area contributed by atoms with Gasteiger partial charge in [0.15, 0.2) is 0 Å². The van der Waals surface area contributed by atoms with Gasteiger partial charge >= 0.3 is 0 Å². The van der Waals surface area contributed by atoms with Crippen molar-refractivity contribution < 1.29 is 9.53 Å². The summed E-state index contributed by atoms with van der Waals surface area (Å²) >= 11 is 6.47. The van der Waals surface area contributed by atoms with Crippen LogP contribution in [-0.4, -0.2) is 36.4 Å². The highest BCUT2D eigenvalue weighted by Gasteiger charge is 2.12. The van der Waals surface area contributed by atoms with Gasteiger partial charge in [0.05, 0.1) is 0 Å². The number of rotatable bonds is 6. The van der Waals surface area contributed by atoms with Crippen LogP contribution in [0.4, 0.5) is 0 Å². The van der Waals surface area contributed by atoms with Crippen LogP contribution in [0.3, 0.4) is 0 Å². The first-order chi connectivity index (χ1) is 9.10. The number of carbonyl (C=O) groups excluding carboxylic acids is 1. The maximum atomic E-state index is 11.8.